The molecular weight excluding hydrogens is 474 g/mol. The lowest BCUT2D eigenvalue weighted by molar-refractivity contribution is 0.151. The van der Waals surface area contributed by atoms with Crippen molar-refractivity contribution in [2.24, 2.45) is 28.6 Å². The number of nitrogens with zero attached hydrogens (tertiary/aromatic N) is 3. The SMILES string of the molecule is CC1C=CC2=C(C1)N(c1ccccc1)c1ccccc1C21C2CC(C#N)=CCC2(C)C2C=CC(C#N)=CC21C. The van der Waals surface area contributed by atoms with Crippen LogP contribution in [0.2, 0.25) is 0 Å². The summed E-state index contributed by atoms with van der Waals surface area (Å²) in [5.41, 5.74) is 7.29. The van der Waals surface area contributed by atoms with E-state index in [0.717, 1.165) is 30.4 Å². The van der Waals surface area contributed by atoms with E-state index in [2.05, 4.69) is 123 Å². The van der Waals surface area contributed by atoms with E-state index in [-0.39, 0.29) is 28.1 Å². The van der Waals surface area contributed by atoms with Gasteiger partial charge in [-0.25, -0.2) is 0 Å². The van der Waals surface area contributed by atoms with Gasteiger partial charge in [-0.1, -0.05) is 87.5 Å². The number of hydrogen-bond acceptors (Lipinski definition) is 3. The molecule has 4 aliphatic carbocycles. The number of para-hydroxylation sites is 2. The summed E-state index contributed by atoms with van der Waals surface area (Å²) in [5, 5.41) is 20.2. The molecule has 1 aliphatic heterocycles. The van der Waals surface area contributed by atoms with Gasteiger partial charge in [-0.05, 0) is 77.8 Å². The number of benzene rings is 2. The van der Waals surface area contributed by atoms with Gasteiger partial charge < -0.3 is 4.90 Å². The van der Waals surface area contributed by atoms with Crippen molar-refractivity contribution >= 4 is 11.4 Å². The molecule has 1 saturated carbocycles. The largest absolute Gasteiger partial charge is 0.314 e. The summed E-state index contributed by atoms with van der Waals surface area (Å²) >= 11 is 0. The second-order valence-corrected chi connectivity index (χ2v) is 12.5. The first-order valence-electron chi connectivity index (χ1n) is 14.2. The molecule has 7 rings (SSSR count). The Hall–Kier alpha value is -4.08. The molecule has 0 bridgehead atoms. The Balaban J connectivity index is 1.63. The molecule has 6 atom stereocenters. The minimum Gasteiger partial charge on any atom is -0.314 e. The van der Waals surface area contributed by atoms with Crippen LogP contribution in [0, 0.1) is 51.2 Å². The van der Waals surface area contributed by atoms with Crippen LogP contribution in [0.25, 0.3) is 0 Å². The molecule has 1 heterocycles. The highest BCUT2D eigenvalue weighted by molar-refractivity contribution is 5.80. The zero-order valence-electron chi connectivity index (χ0n) is 22.9. The van der Waals surface area contributed by atoms with E-state index in [1.807, 2.05) is 6.08 Å². The van der Waals surface area contributed by atoms with E-state index in [4.69, 9.17) is 0 Å². The van der Waals surface area contributed by atoms with Crippen molar-refractivity contribution in [2.75, 3.05) is 4.90 Å². The molecule has 6 unspecified atom stereocenters. The second-order valence-electron chi connectivity index (χ2n) is 12.5. The van der Waals surface area contributed by atoms with Crippen LogP contribution < -0.4 is 4.90 Å². The van der Waals surface area contributed by atoms with E-state index in [1.54, 1.807) is 0 Å². The number of hydrogen-bond donors (Lipinski definition) is 0. The zero-order valence-corrected chi connectivity index (χ0v) is 22.9. The predicted octanol–water partition coefficient (Wildman–Crippen LogP) is 8.45. The lowest BCUT2D eigenvalue weighted by Gasteiger charge is -2.56. The van der Waals surface area contributed by atoms with Crippen LogP contribution in [-0.2, 0) is 5.41 Å². The number of fused-ring (bicyclic) bond motifs is 8. The fraction of sp³-hybridized carbons (Fsp3) is 0.333. The Morgan fingerprint density at radius 2 is 1.67 bits per heavy atom. The van der Waals surface area contributed by atoms with Gasteiger partial charge in [-0.2, -0.15) is 10.5 Å². The Kier molecular flexibility index (Phi) is 5.05. The molecule has 0 N–H and O–H groups in total. The van der Waals surface area contributed by atoms with Crippen molar-refractivity contribution in [1.82, 2.24) is 0 Å². The lowest BCUT2D eigenvalue weighted by atomic mass is 9.50. The Bertz CT molecular complexity index is 1620. The Morgan fingerprint density at radius 3 is 2.44 bits per heavy atom. The summed E-state index contributed by atoms with van der Waals surface area (Å²) in [5.74, 6) is 0.869. The van der Waals surface area contributed by atoms with Crippen LogP contribution in [0.5, 0.6) is 0 Å². The maximum Gasteiger partial charge on any atom is 0.0988 e. The van der Waals surface area contributed by atoms with Crippen molar-refractivity contribution in [3.63, 3.8) is 0 Å². The van der Waals surface area contributed by atoms with E-state index < -0.39 is 0 Å². The van der Waals surface area contributed by atoms with Gasteiger partial charge >= 0.3 is 0 Å². The Labute approximate surface area is 231 Å². The molecule has 2 aromatic rings. The number of anilines is 2. The molecule has 1 spiro atoms. The van der Waals surface area contributed by atoms with Gasteiger partial charge in [0.05, 0.1) is 12.1 Å². The van der Waals surface area contributed by atoms with Crippen molar-refractivity contribution < 1.29 is 0 Å². The number of allylic oxidation sites excluding steroid dienone is 10. The van der Waals surface area contributed by atoms with E-state index in [0.29, 0.717) is 5.92 Å². The first-order chi connectivity index (χ1) is 18.9. The predicted molar refractivity (Wildman–Crippen MR) is 156 cm³/mol. The smallest absolute Gasteiger partial charge is 0.0988 e. The summed E-state index contributed by atoms with van der Waals surface area (Å²) in [4.78, 5) is 2.49. The molecular formula is C36H33N3. The summed E-state index contributed by atoms with van der Waals surface area (Å²) in [7, 11) is 0. The quantitative estimate of drug-likeness (QED) is 0.389. The fourth-order valence-electron chi connectivity index (χ4n) is 9.20. The molecule has 3 nitrogen and oxygen atoms in total. The van der Waals surface area contributed by atoms with Gasteiger partial charge in [0.1, 0.15) is 0 Å². The average molecular weight is 508 g/mol. The van der Waals surface area contributed by atoms with Crippen LogP contribution in [0.3, 0.4) is 0 Å². The summed E-state index contributed by atoms with van der Waals surface area (Å²) in [6, 6.07) is 24.7. The molecule has 39 heavy (non-hydrogen) atoms. The van der Waals surface area contributed by atoms with Gasteiger partial charge in [0.25, 0.3) is 0 Å². The van der Waals surface area contributed by atoms with Crippen LogP contribution >= 0.6 is 0 Å². The summed E-state index contributed by atoms with van der Waals surface area (Å²) in [6.45, 7) is 7.14. The third kappa shape index (κ3) is 2.91. The number of nitriles is 2. The van der Waals surface area contributed by atoms with Crippen molar-refractivity contribution in [3.05, 3.63) is 119 Å². The topological polar surface area (TPSA) is 50.8 Å². The normalized spacial score (nSPS) is 35.7. The highest BCUT2D eigenvalue weighted by Crippen LogP contribution is 2.77. The highest BCUT2D eigenvalue weighted by atomic mass is 15.2. The molecule has 0 radical (unpaired) electrons. The fourth-order valence-corrected chi connectivity index (χ4v) is 9.20. The molecule has 192 valence electrons. The first kappa shape index (κ1) is 24.0. The van der Waals surface area contributed by atoms with Gasteiger partial charge in [-0.3, -0.25) is 0 Å². The van der Waals surface area contributed by atoms with Crippen molar-refractivity contribution in [1.29, 1.82) is 10.5 Å². The summed E-state index contributed by atoms with van der Waals surface area (Å²) < 4.78 is 0. The Morgan fingerprint density at radius 1 is 0.897 bits per heavy atom. The van der Waals surface area contributed by atoms with Gasteiger partial charge in [0.15, 0.2) is 0 Å². The van der Waals surface area contributed by atoms with Crippen LogP contribution in [0.4, 0.5) is 11.4 Å². The molecule has 0 saturated heterocycles. The minimum atomic E-state index is -0.385. The van der Waals surface area contributed by atoms with E-state index >= 15 is 0 Å². The van der Waals surface area contributed by atoms with Crippen molar-refractivity contribution in [3.8, 4) is 12.1 Å². The van der Waals surface area contributed by atoms with Gasteiger partial charge in [0, 0.05) is 39.0 Å². The number of rotatable bonds is 1. The second kappa shape index (κ2) is 8.21. The van der Waals surface area contributed by atoms with Crippen molar-refractivity contribution in [2.45, 2.75) is 45.4 Å². The maximum absolute atomic E-state index is 10.1. The van der Waals surface area contributed by atoms with Crippen LogP contribution in [-0.4, -0.2) is 0 Å². The van der Waals surface area contributed by atoms with Gasteiger partial charge in [0.2, 0.25) is 0 Å². The van der Waals surface area contributed by atoms with E-state index in [1.165, 1.54) is 28.2 Å². The first-order valence-corrected chi connectivity index (χ1v) is 14.2. The average Bonchev–Trinajstić information content (AvgIpc) is 3.13. The minimum absolute atomic E-state index is 0.0554. The van der Waals surface area contributed by atoms with Gasteiger partial charge in [-0.15, -0.1) is 0 Å². The summed E-state index contributed by atoms with van der Waals surface area (Å²) in [6.07, 6.45) is 16.2. The van der Waals surface area contributed by atoms with Crippen LogP contribution in [0.15, 0.2) is 113 Å². The third-order valence-electron chi connectivity index (χ3n) is 10.6. The molecule has 2 aromatic carbocycles. The third-order valence-corrected chi connectivity index (χ3v) is 10.6. The zero-order chi connectivity index (χ0) is 27.0. The monoisotopic (exact) mass is 507 g/mol. The van der Waals surface area contributed by atoms with Crippen LogP contribution in [0.1, 0.15) is 45.6 Å². The molecule has 3 heteroatoms. The molecule has 0 aromatic heterocycles. The standard InChI is InChI=1S/C36H33N3/c1-24-13-15-29-31(19-24)39(27-9-5-4-6-10-27)30-12-8-7-11-28(30)36(29)33-20-25(22-37)17-18-34(33,2)32-16-14-26(23-38)21-35(32,36)3/h4-17,21,24,32-33H,18-20H2,1-3H3. The molecule has 1 fully saturated rings. The molecule has 5 aliphatic rings. The molecule has 0 amide bonds. The highest BCUT2D eigenvalue weighted by Gasteiger charge is 2.73. The maximum atomic E-state index is 10.1. The van der Waals surface area contributed by atoms with E-state index in [9.17, 15) is 10.5 Å². The lowest BCUT2D eigenvalue weighted by Crippen LogP contribution is -2.52.